The van der Waals surface area contributed by atoms with Crippen molar-refractivity contribution >= 4 is 78.3 Å². The van der Waals surface area contributed by atoms with E-state index in [1.807, 2.05) is 0 Å². The first kappa shape index (κ1) is 39.5. The van der Waals surface area contributed by atoms with E-state index in [4.69, 9.17) is 23.2 Å². The lowest BCUT2D eigenvalue weighted by molar-refractivity contribution is 0.434. The zero-order chi connectivity index (χ0) is 40.7. The second-order valence-corrected chi connectivity index (χ2v) is 15.4. The summed E-state index contributed by atoms with van der Waals surface area (Å²) in [5.74, 6) is -1.60. The molecule has 56 heavy (non-hydrogen) atoms. The Morgan fingerprint density at radius 2 is 0.946 bits per heavy atom. The van der Waals surface area contributed by atoms with Crippen molar-refractivity contribution in [1.82, 2.24) is 19.6 Å². The number of azo groups is 2. The number of phenols is 2. The van der Waals surface area contributed by atoms with Gasteiger partial charge < -0.3 is 20.4 Å². The lowest BCUT2D eigenvalue weighted by Gasteiger charge is -2.10. The van der Waals surface area contributed by atoms with Crippen LogP contribution >= 0.6 is 23.2 Å². The van der Waals surface area contributed by atoms with Gasteiger partial charge in [0, 0.05) is 10.0 Å². The van der Waals surface area contributed by atoms with Crippen molar-refractivity contribution in [3.63, 3.8) is 0 Å². The van der Waals surface area contributed by atoms with Crippen LogP contribution in [0.15, 0.2) is 103 Å². The SMILES string of the molecule is Cc1nn(-c2ccc(/C=C/c3ccc(-n4nc(C)c(N=Nc5cc(Cl)ccc5O)c4O)cc3S(=O)(=O)O)c(S(=O)(=O)O)c2)c(O)c1N=Nc1cc(Cl)ccc1O. The van der Waals surface area contributed by atoms with Gasteiger partial charge in [0.1, 0.15) is 32.7 Å². The molecule has 4 aromatic carbocycles. The molecule has 0 atom stereocenters. The highest BCUT2D eigenvalue weighted by Crippen LogP contribution is 2.39. The van der Waals surface area contributed by atoms with Crippen molar-refractivity contribution in [1.29, 1.82) is 0 Å². The molecule has 0 bridgehead atoms. The van der Waals surface area contributed by atoms with Crippen LogP contribution in [0.3, 0.4) is 0 Å². The Labute approximate surface area is 327 Å². The first-order valence-corrected chi connectivity index (χ1v) is 19.2. The van der Waals surface area contributed by atoms with Gasteiger partial charge in [0.2, 0.25) is 11.8 Å². The van der Waals surface area contributed by atoms with Gasteiger partial charge in [-0.15, -0.1) is 20.5 Å². The summed E-state index contributed by atoms with van der Waals surface area (Å²) in [7, 11) is -9.91. The molecule has 0 unspecified atom stereocenters. The van der Waals surface area contributed by atoms with Gasteiger partial charge in [0.05, 0.1) is 22.8 Å². The maximum Gasteiger partial charge on any atom is 0.295 e. The van der Waals surface area contributed by atoms with Crippen LogP contribution in [0, 0.1) is 13.8 Å². The Kier molecular flexibility index (Phi) is 10.7. The van der Waals surface area contributed by atoms with Crippen LogP contribution < -0.4 is 0 Å². The van der Waals surface area contributed by atoms with Crippen molar-refractivity contribution in [2.24, 2.45) is 20.5 Å². The second kappa shape index (κ2) is 15.2. The minimum atomic E-state index is -4.95. The molecule has 18 nitrogen and oxygen atoms in total. The quantitative estimate of drug-likeness (QED) is 0.0432. The van der Waals surface area contributed by atoms with Gasteiger partial charge in [-0.25, -0.2) is 0 Å². The lowest BCUT2D eigenvalue weighted by Crippen LogP contribution is -2.05. The number of aromatic hydroxyl groups is 4. The zero-order valence-electron chi connectivity index (χ0n) is 28.5. The monoisotopic (exact) mass is 840 g/mol. The number of phenolic OH excluding ortho intramolecular Hbond substituents is 2. The number of benzene rings is 4. The Balaban J connectivity index is 1.34. The summed E-state index contributed by atoms with van der Waals surface area (Å²) in [5.41, 5.74) is -0.289. The molecular formula is C34H26Cl2N8O10S2. The molecule has 0 radical (unpaired) electrons. The van der Waals surface area contributed by atoms with Crippen LogP contribution in [-0.4, -0.2) is 65.9 Å². The number of aromatic nitrogens is 4. The summed E-state index contributed by atoms with van der Waals surface area (Å²) in [6, 6.07) is 15.3. The van der Waals surface area contributed by atoms with Crippen LogP contribution in [-0.2, 0) is 20.2 Å². The van der Waals surface area contributed by atoms with E-state index in [1.165, 1.54) is 74.5 Å². The van der Waals surface area contributed by atoms with E-state index in [0.717, 1.165) is 33.6 Å². The fraction of sp³-hybridized carbons (Fsp3) is 0.0588. The normalized spacial score (nSPS) is 12.5. The van der Waals surface area contributed by atoms with Gasteiger partial charge in [0.15, 0.2) is 11.4 Å². The smallest absolute Gasteiger partial charge is 0.295 e. The Bertz CT molecular complexity index is 2680. The molecule has 6 rings (SSSR count). The summed E-state index contributed by atoms with van der Waals surface area (Å²) in [4.78, 5) is -1.33. The maximum atomic E-state index is 12.5. The molecule has 2 heterocycles. The minimum Gasteiger partial charge on any atom is -0.506 e. The first-order chi connectivity index (χ1) is 26.3. The predicted octanol–water partition coefficient (Wildman–Crippen LogP) is 8.30. The third-order valence-corrected chi connectivity index (χ3v) is 10.2. The van der Waals surface area contributed by atoms with E-state index in [0.29, 0.717) is 0 Å². The van der Waals surface area contributed by atoms with Crippen molar-refractivity contribution in [3.8, 4) is 34.6 Å². The highest BCUT2D eigenvalue weighted by molar-refractivity contribution is 7.86. The van der Waals surface area contributed by atoms with E-state index < -0.39 is 41.8 Å². The van der Waals surface area contributed by atoms with Crippen LogP contribution in [0.1, 0.15) is 22.5 Å². The second-order valence-electron chi connectivity index (χ2n) is 11.7. The standard InChI is InChI=1S/C34H26Cl2N8O10S2/c1-17-31(39-37-25-13-21(35)7-11-27(25)45)33(47)43(41-17)23-9-5-19(29(15-23)55(49,50)51)3-4-20-6-10-24(16-30(20)56(52,53)54)44-34(48)32(18(2)42-44)40-38-26-14-22(36)8-12-28(26)46/h3-16,45-48H,1-2H3,(H,49,50,51)(H,52,53,54)/b4-3+,39-37?,40-38?. The van der Waals surface area contributed by atoms with Crippen molar-refractivity contribution < 1.29 is 46.4 Å². The average molecular weight is 842 g/mol. The molecular weight excluding hydrogens is 815 g/mol. The number of hydrogen-bond acceptors (Lipinski definition) is 14. The van der Waals surface area contributed by atoms with E-state index in [1.54, 1.807) is 0 Å². The van der Waals surface area contributed by atoms with E-state index in [2.05, 4.69) is 30.7 Å². The molecule has 0 saturated carbocycles. The van der Waals surface area contributed by atoms with Crippen molar-refractivity contribution in [2.45, 2.75) is 23.6 Å². The fourth-order valence-corrected chi connectivity index (χ4v) is 6.92. The predicted molar refractivity (Wildman–Crippen MR) is 203 cm³/mol. The topological polar surface area (TPSA) is 275 Å². The Hall–Kier alpha value is -6.16. The molecule has 0 aliphatic rings. The van der Waals surface area contributed by atoms with Gasteiger partial charge >= 0.3 is 0 Å². The fourth-order valence-electron chi connectivity index (χ4n) is 5.18. The molecule has 6 N–H and O–H groups in total. The summed E-state index contributed by atoms with van der Waals surface area (Å²) < 4.78 is 72.2. The van der Waals surface area contributed by atoms with Crippen LogP contribution in [0.2, 0.25) is 10.0 Å². The highest BCUT2D eigenvalue weighted by atomic mass is 35.5. The van der Waals surface area contributed by atoms with Gasteiger partial charge in [0.25, 0.3) is 20.2 Å². The number of nitrogens with zero attached hydrogens (tertiary/aromatic N) is 8. The minimum absolute atomic E-state index is 0.000165. The van der Waals surface area contributed by atoms with E-state index >= 15 is 0 Å². The molecule has 0 aliphatic heterocycles. The summed E-state index contributed by atoms with van der Waals surface area (Å²) >= 11 is 11.9. The molecule has 22 heteroatoms. The summed E-state index contributed by atoms with van der Waals surface area (Å²) in [6.45, 7) is 2.96. The molecule has 0 amide bonds. The molecule has 288 valence electrons. The third-order valence-electron chi connectivity index (χ3n) is 7.88. The van der Waals surface area contributed by atoms with Crippen molar-refractivity contribution in [2.75, 3.05) is 0 Å². The van der Waals surface area contributed by atoms with E-state index in [-0.39, 0.29) is 78.2 Å². The number of aryl methyl sites for hydroxylation is 2. The first-order valence-electron chi connectivity index (χ1n) is 15.6. The summed E-state index contributed by atoms with van der Waals surface area (Å²) in [6.07, 6.45) is 2.31. The molecule has 0 saturated heterocycles. The lowest BCUT2D eigenvalue weighted by atomic mass is 10.1. The summed E-state index contributed by atoms with van der Waals surface area (Å²) in [5, 5.41) is 66.5. The van der Waals surface area contributed by atoms with Crippen LogP contribution in [0.5, 0.6) is 23.3 Å². The van der Waals surface area contributed by atoms with E-state index in [9.17, 15) is 46.4 Å². The Morgan fingerprint density at radius 3 is 1.30 bits per heavy atom. The molecule has 6 aromatic rings. The van der Waals surface area contributed by atoms with Crippen LogP contribution in [0.4, 0.5) is 22.7 Å². The number of halogens is 2. The molecule has 0 fully saturated rings. The van der Waals surface area contributed by atoms with Gasteiger partial charge in [-0.1, -0.05) is 47.5 Å². The number of hydrogen-bond donors (Lipinski definition) is 6. The van der Waals surface area contributed by atoms with Gasteiger partial charge in [-0.05, 0) is 85.6 Å². The maximum absolute atomic E-state index is 12.5. The zero-order valence-corrected chi connectivity index (χ0v) is 31.7. The number of rotatable bonds is 10. The third kappa shape index (κ3) is 8.24. The van der Waals surface area contributed by atoms with Gasteiger partial charge in [-0.2, -0.15) is 36.4 Å². The van der Waals surface area contributed by atoms with Crippen molar-refractivity contribution in [3.05, 3.63) is 105 Å². The largest absolute Gasteiger partial charge is 0.506 e. The molecule has 0 aliphatic carbocycles. The van der Waals surface area contributed by atoms with Crippen LogP contribution in [0.25, 0.3) is 23.5 Å². The highest BCUT2D eigenvalue weighted by Gasteiger charge is 2.23. The molecule has 0 spiro atoms. The average Bonchev–Trinajstić information content (AvgIpc) is 3.58. The van der Waals surface area contributed by atoms with Gasteiger partial charge in [-0.3, -0.25) is 9.11 Å². The Morgan fingerprint density at radius 1 is 0.571 bits per heavy atom. The molecule has 2 aromatic heterocycles.